The van der Waals surface area contributed by atoms with Gasteiger partial charge < -0.3 is 10.3 Å². The molecule has 0 saturated carbocycles. The number of hydrogen-bond acceptors (Lipinski definition) is 3. The maximum absolute atomic E-state index is 10.2. The van der Waals surface area contributed by atoms with Crippen molar-refractivity contribution in [3.8, 4) is 0 Å². The molecule has 152 valence electrons. The molecule has 0 aromatic heterocycles. The van der Waals surface area contributed by atoms with Crippen LogP contribution in [0, 0.1) is 5.92 Å². The fraction of sp³-hybridized carbons (Fsp3) is 1.00. The predicted octanol–water partition coefficient (Wildman–Crippen LogP) is 6.96. The Labute approximate surface area is 157 Å². The fourth-order valence-electron chi connectivity index (χ4n) is 3.42. The summed E-state index contributed by atoms with van der Waals surface area (Å²) in [7, 11) is 0. The number of rotatable bonds is 19. The van der Waals surface area contributed by atoms with Crippen LogP contribution in [0.4, 0.5) is 0 Å². The van der Waals surface area contributed by atoms with E-state index in [1.807, 2.05) is 13.8 Å². The average Bonchev–Trinajstić information content (AvgIpc) is 2.61. The first-order chi connectivity index (χ1) is 12.1. The Morgan fingerprint density at radius 2 is 0.960 bits per heavy atom. The summed E-state index contributed by atoms with van der Waals surface area (Å²) in [4.78, 5) is 0. The van der Waals surface area contributed by atoms with Crippen molar-refractivity contribution in [2.45, 2.75) is 136 Å². The summed E-state index contributed by atoms with van der Waals surface area (Å²) in [6, 6.07) is 0. The third kappa shape index (κ3) is 14.7. The van der Waals surface area contributed by atoms with Gasteiger partial charge in [-0.15, -0.1) is 0 Å². The number of aliphatic hydroxyl groups is 1. The van der Waals surface area contributed by atoms with E-state index in [9.17, 15) is 5.11 Å². The lowest BCUT2D eigenvalue weighted by Gasteiger charge is -2.30. The Morgan fingerprint density at radius 3 is 1.24 bits per heavy atom. The summed E-state index contributed by atoms with van der Waals surface area (Å²) >= 11 is 0. The Hall–Kier alpha value is -0.120. The van der Waals surface area contributed by atoms with E-state index in [-0.39, 0.29) is 5.92 Å². The maximum Gasteiger partial charge on any atom is 0.139 e. The van der Waals surface area contributed by atoms with Crippen LogP contribution in [0.5, 0.6) is 0 Å². The standard InChI is InChI=1S/C22H47NO2/c1-4-5-6-7-8-9-10-11-12-13-14-15-16-17-18-19-20-22(24,23-25)21(2)3/h21,23-25H,4-20H2,1-3H3. The van der Waals surface area contributed by atoms with Gasteiger partial charge in [-0.2, -0.15) is 5.48 Å². The van der Waals surface area contributed by atoms with E-state index < -0.39 is 5.72 Å². The van der Waals surface area contributed by atoms with E-state index in [1.54, 1.807) is 0 Å². The molecule has 0 aliphatic carbocycles. The quantitative estimate of drug-likeness (QED) is 0.133. The average molecular weight is 358 g/mol. The lowest BCUT2D eigenvalue weighted by Crippen LogP contribution is -2.47. The van der Waals surface area contributed by atoms with Gasteiger partial charge in [0.15, 0.2) is 0 Å². The minimum atomic E-state index is -1.12. The Kier molecular flexibility index (Phi) is 17.2. The topological polar surface area (TPSA) is 52.5 Å². The molecule has 0 heterocycles. The minimum absolute atomic E-state index is 0.0221. The van der Waals surface area contributed by atoms with Gasteiger partial charge in [-0.05, 0) is 18.8 Å². The number of hydroxylamine groups is 1. The molecule has 0 aliphatic heterocycles. The monoisotopic (exact) mass is 357 g/mol. The van der Waals surface area contributed by atoms with Gasteiger partial charge in [-0.3, -0.25) is 0 Å². The molecule has 0 aromatic carbocycles. The largest absolute Gasteiger partial charge is 0.374 e. The summed E-state index contributed by atoms with van der Waals surface area (Å²) in [6.45, 7) is 6.13. The molecule has 0 amide bonds. The van der Waals surface area contributed by atoms with Crippen molar-refractivity contribution < 1.29 is 10.3 Å². The van der Waals surface area contributed by atoms with Gasteiger partial charge in [0, 0.05) is 0 Å². The molecule has 25 heavy (non-hydrogen) atoms. The molecule has 3 heteroatoms. The number of unbranched alkanes of at least 4 members (excludes halogenated alkanes) is 15. The summed E-state index contributed by atoms with van der Waals surface area (Å²) in [5.41, 5.74) is 0.971. The SMILES string of the molecule is CCCCCCCCCCCCCCCCCCC(O)(NO)C(C)C. The van der Waals surface area contributed by atoms with Gasteiger partial charge in [0.05, 0.1) is 0 Å². The molecular formula is C22H47NO2. The fourth-order valence-corrected chi connectivity index (χ4v) is 3.42. The van der Waals surface area contributed by atoms with E-state index in [2.05, 4.69) is 12.4 Å². The Morgan fingerprint density at radius 1 is 0.640 bits per heavy atom. The second-order valence-corrected chi connectivity index (χ2v) is 8.24. The first kappa shape index (κ1) is 24.9. The minimum Gasteiger partial charge on any atom is -0.374 e. The van der Waals surface area contributed by atoms with Gasteiger partial charge in [-0.1, -0.05) is 117 Å². The van der Waals surface area contributed by atoms with E-state index in [0.717, 1.165) is 12.8 Å². The summed E-state index contributed by atoms with van der Waals surface area (Å²) in [5.74, 6) is 0.0221. The van der Waals surface area contributed by atoms with E-state index in [0.29, 0.717) is 6.42 Å². The van der Waals surface area contributed by atoms with Gasteiger partial charge in [0.1, 0.15) is 5.72 Å². The Balaban J connectivity index is 3.22. The molecule has 0 aromatic rings. The van der Waals surface area contributed by atoms with E-state index >= 15 is 0 Å². The molecule has 3 N–H and O–H groups in total. The summed E-state index contributed by atoms with van der Waals surface area (Å²) in [6.07, 6.45) is 22.2. The summed E-state index contributed by atoms with van der Waals surface area (Å²) < 4.78 is 0. The normalized spacial score (nSPS) is 14.2. The van der Waals surface area contributed by atoms with Crippen LogP contribution >= 0.6 is 0 Å². The van der Waals surface area contributed by atoms with Gasteiger partial charge in [0.25, 0.3) is 0 Å². The van der Waals surface area contributed by atoms with Crippen molar-refractivity contribution >= 4 is 0 Å². The van der Waals surface area contributed by atoms with Crippen LogP contribution in [0.15, 0.2) is 0 Å². The highest BCUT2D eigenvalue weighted by Gasteiger charge is 2.29. The lowest BCUT2D eigenvalue weighted by molar-refractivity contribution is -0.129. The van der Waals surface area contributed by atoms with Crippen LogP contribution in [-0.2, 0) is 0 Å². The van der Waals surface area contributed by atoms with Crippen molar-refractivity contribution in [2.24, 2.45) is 5.92 Å². The van der Waals surface area contributed by atoms with Crippen LogP contribution in [0.2, 0.25) is 0 Å². The second-order valence-electron chi connectivity index (χ2n) is 8.24. The van der Waals surface area contributed by atoms with Crippen LogP contribution < -0.4 is 5.48 Å². The highest BCUT2D eigenvalue weighted by molar-refractivity contribution is 4.75. The molecule has 0 spiro atoms. The van der Waals surface area contributed by atoms with E-state index in [1.165, 1.54) is 89.9 Å². The van der Waals surface area contributed by atoms with Crippen LogP contribution in [0.1, 0.15) is 130 Å². The summed E-state index contributed by atoms with van der Waals surface area (Å²) in [5, 5.41) is 19.2. The van der Waals surface area contributed by atoms with Crippen molar-refractivity contribution in [3.05, 3.63) is 0 Å². The van der Waals surface area contributed by atoms with Gasteiger partial charge in [-0.25, -0.2) is 0 Å². The highest BCUT2D eigenvalue weighted by atomic mass is 16.5. The lowest BCUT2D eigenvalue weighted by atomic mass is 9.94. The van der Waals surface area contributed by atoms with Crippen LogP contribution in [0.3, 0.4) is 0 Å². The van der Waals surface area contributed by atoms with E-state index in [4.69, 9.17) is 5.21 Å². The molecule has 0 aliphatic rings. The third-order valence-corrected chi connectivity index (χ3v) is 5.56. The molecule has 0 rings (SSSR count). The molecule has 0 fully saturated rings. The zero-order valence-electron chi connectivity index (χ0n) is 17.5. The Bertz CT molecular complexity index is 271. The molecule has 1 unspecified atom stereocenters. The zero-order valence-corrected chi connectivity index (χ0v) is 17.5. The second kappa shape index (κ2) is 17.3. The molecule has 3 nitrogen and oxygen atoms in total. The first-order valence-electron chi connectivity index (χ1n) is 11.2. The molecule has 0 bridgehead atoms. The number of nitrogens with one attached hydrogen (secondary N) is 1. The molecular weight excluding hydrogens is 310 g/mol. The molecule has 0 radical (unpaired) electrons. The molecule has 0 saturated heterocycles. The third-order valence-electron chi connectivity index (χ3n) is 5.56. The van der Waals surface area contributed by atoms with Gasteiger partial charge >= 0.3 is 0 Å². The van der Waals surface area contributed by atoms with Crippen molar-refractivity contribution in [1.82, 2.24) is 5.48 Å². The highest BCUT2D eigenvalue weighted by Crippen LogP contribution is 2.21. The van der Waals surface area contributed by atoms with Crippen molar-refractivity contribution in [3.63, 3.8) is 0 Å². The number of hydrogen-bond donors (Lipinski definition) is 3. The van der Waals surface area contributed by atoms with Crippen LogP contribution in [-0.4, -0.2) is 16.0 Å². The van der Waals surface area contributed by atoms with Crippen LogP contribution in [0.25, 0.3) is 0 Å². The van der Waals surface area contributed by atoms with Crippen molar-refractivity contribution in [1.29, 1.82) is 0 Å². The smallest absolute Gasteiger partial charge is 0.139 e. The predicted molar refractivity (Wildman–Crippen MR) is 109 cm³/mol. The maximum atomic E-state index is 10.2. The van der Waals surface area contributed by atoms with Gasteiger partial charge in [0.2, 0.25) is 0 Å². The molecule has 1 atom stereocenters. The first-order valence-corrected chi connectivity index (χ1v) is 11.2. The van der Waals surface area contributed by atoms with Crippen molar-refractivity contribution in [2.75, 3.05) is 0 Å². The zero-order chi connectivity index (χ0) is 18.8.